The Morgan fingerprint density at radius 3 is 2.74 bits per heavy atom. The Kier molecular flexibility index (Phi) is 7.54. The van der Waals surface area contributed by atoms with Crippen LogP contribution in [0.4, 0.5) is 5.13 Å². The van der Waals surface area contributed by atoms with Crippen molar-refractivity contribution in [3.05, 3.63) is 10.9 Å². The van der Waals surface area contributed by atoms with E-state index in [1.165, 1.54) is 11.3 Å². The highest BCUT2D eigenvalue weighted by atomic mass is 35.5. The summed E-state index contributed by atoms with van der Waals surface area (Å²) in [5.41, 5.74) is 5.77. The van der Waals surface area contributed by atoms with Gasteiger partial charge in [0, 0.05) is 20.1 Å². The zero-order valence-corrected chi connectivity index (χ0v) is 16.3. The number of hydrogen-bond donors (Lipinski definition) is 2. The Hall–Kier alpha value is -0.600. The first-order valence-corrected chi connectivity index (χ1v) is 8.80. The molecule has 0 radical (unpaired) electrons. The van der Waals surface area contributed by atoms with Crippen molar-refractivity contribution < 1.29 is 4.79 Å². The molecule has 3 rings (SSSR count). The van der Waals surface area contributed by atoms with Crippen molar-refractivity contribution in [3.63, 3.8) is 0 Å². The van der Waals surface area contributed by atoms with Crippen LogP contribution in [0.3, 0.4) is 0 Å². The highest BCUT2D eigenvalue weighted by molar-refractivity contribution is 7.29. The molecule has 3 N–H and O–H groups in total. The standard InChI is InChI=1S/C14H20N4OS2.2ClH/c1-18(2)14-17-13-11(21-14)6-10(20-13)12(19)16-9-5-3-4-8(9)7-15;;/h6,8-9H,3-5,7,15H2,1-2H3,(H,16,19);2*1H. The van der Waals surface area contributed by atoms with Crippen molar-refractivity contribution in [3.8, 4) is 0 Å². The Labute approximate surface area is 156 Å². The van der Waals surface area contributed by atoms with Crippen LogP contribution in [0.2, 0.25) is 0 Å². The van der Waals surface area contributed by atoms with Gasteiger partial charge in [-0.3, -0.25) is 4.79 Å². The molecular formula is C14H22Cl2N4OS2. The average Bonchev–Trinajstić information content (AvgIpc) is 3.11. The number of carbonyl (C=O) groups is 1. The van der Waals surface area contributed by atoms with Gasteiger partial charge in [-0.1, -0.05) is 17.8 Å². The van der Waals surface area contributed by atoms with Gasteiger partial charge >= 0.3 is 0 Å². The van der Waals surface area contributed by atoms with Crippen LogP contribution in [0, 0.1) is 5.92 Å². The zero-order chi connectivity index (χ0) is 15.0. The van der Waals surface area contributed by atoms with E-state index in [1.807, 2.05) is 25.1 Å². The fraction of sp³-hybridized carbons (Fsp3) is 0.571. The minimum Gasteiger partial charge on any atom is -0.354 e. The van der Waals surface area contributed by atoms with E-state index in [0.717, 1.165) is 38.8 Å². The van der Waals surface area contributed by atoms with Gasteiger partial charge in [0.05, 0.1) is 9.58 Å². The van der Waals surface area contributed by atoms with E-state index in [9.17, 15) is 4.79 Å². The minimum absolute atomic E-state index is 0. The predicted molar refractivity (Wildman–Crippen MR) is 104 cm³/mol. The van der Waals surface area contributed by atoms with E-state index in [4.69, 9.17) is 5.73 Å². The van der Waals surface area contributed by atoms with Crippen molar-refractivity contribution in [1.82, 2.24) is 10.3 Å². The van der Waals surface area contributed by atoms with Crippen LogP contribution in [0.5, 0.6) is 0 Å². The van der Waals surface area contributed by atoms with E-state index in [2.05, 4.69) is 10.3 Å². The molecule has 1 fully saturated rings. The number of rotatable bonds is 4. The molecule has 1 aliphatic rings. The molecule has 0 saturated heterocycles. The Morgan fingerprint density at radius 1 is 1.39 bits per heavy atom. The first kappa shape index (κ1) is 20.4. The SMILES string of the molecule is CN(C)c1nc2sc(C(=O)NC3CCCC3CN)cc2s1.Cl.Cl. The van der Waals surface area contributed by atoms with Gasteiger partial charge in [0.15, 0.2) is 5.13 Å². The summed E-state index contributed by atoms with van der Waals surface area (Å²) >= 11 is 3.08. The lowest BCUT2D eigenvalue weighted by molar-refractivity contribution is 0.0933. The Balaban J connectivity index is 0.00000132. The van der Waals surface area contributed by atoms with Gasteiger partial charge in [-0.25, -0.2) is 4.98 Å². The molecule has 2 aromatic rings. The smallest absolute Gasteiger partial charge is 0.261 e. The molecule has 9 heteroatoms. The van der Waals surface area contributed by atoms with Crippen LogP contribution >= 0.6 is 47.5 Å². The van der Waals surface area contributed by atoms with Gasteiger partial charge in [0.1, 0.15) is 4.83 Å². The van der Waals surface area contributed by atoms with Gasteiger partial charge in [0.2, 0.25) is 0 Å². The van der Waals surface area contributed by atoms with Gasteiger partial charge in [-0.05, 0) is 31.4 Å². The molecule has 0 aromatic carbocycles. The largest absolute Gasteiger partial charge is 0.354 e. The Morgan fingerprint density at radius 2 is 2.13 bits per heavy atom. The number of hydrogen-bond acceptors (Lipinski definition) is 6. The molecule has 130 valence electrons. The normalized spacial score (nSPS) is 20.0. The number of nitrogens with two attached hydrogens (primary N) is 1. The first-order valence-electron chi connectivity index (χ1n) is 7.17. The van der Waals surface area contributed by atoms with Crippen LogP contribution < -0.4 is 16.0 Å². The quantitative estimate of drug-likeness (QED) is 0.832. The number of thiazole rings is 1. The van der Waals surface area contributed by atoms with Crippen LogP contribution in [0.25, 0.3) is 9.53 Å². The van der Waals surface area contributed by atoms with Gasteiger partial charge in [0.25, 0.3) is 5.91 Å². The van der Waals surface area contributed by atoms with Crippen LogP contribution in [0.15, 0.2) is 6.07 Å². The van der Waals surface area contributed by atoms with Crippen molar-refractivity contribution in [2.45, 2.75) is 25.3 Å². The van der Waals surface area contributed by atoms with E-state index in [0.29, 0.717) is 12.5 Å². The lowest BCUT2D eigenvalue weighted by atomic mass is 10.0. The second-order valence-electron chi connectivity index (χ2n) is 5.68. The molecule has 1 amide bonds. The number of thiophene rings is 1. The van der Waals surface area contributed by atoms with Crippen LogP contribution in [-0.4, -0.2) is 37.6 Å². The maximum atomic E-state index is 12.4. The van der Waals surface area contributed by atoms with E-state index in [-0.39, 0.29) is 36.8 Å². The molecular weight excluding hydrogens is 375 g/mol. The van der Waals surface area contributed by atoms with E-state index < -0.39 is 0 Å². The summed E-state index contributed by atoms with van der Waals surface area (Å²) in [6.07, 6.45) is 3.31. The average molecular weight is 397 g/mol. The molecule has 23 heavy (non-hydrogen) atoms. The molecule has 1 saturated carbocycles. The van der Waals surface area contributed by atoms with Gasteiger partial charge < -0.3 is 16.0 Å². The summed E-state index contributed by atoms with van der Waals surface area (Å²) in [5.74, 6) is 0.440. The number of carbonyl (C=O) groups excluding carboxylic acids is 1. The highest BCUT2D eigenvalue weighted by Gasteiger charge is 2.28. The zero-order valence-electron chi connectivity index (χ0n) is 13.1. The van der Waals surface area contributed by atoms with Gasteiger partial charge in [-0.2, -0.15) is 0 Å². The summed E-state index contributed by atoms with van der Waals surface area (Å²) < 4.78 is 1.08. The third kappa shape index (κ3) is 4.28. The molecule has 0 spiro atoms. The number of nitrogens with one attached hydrogen (secondary N) is 1. The molecule has 2 heterocycles. The highest BCUT2D eigenvalue weighted by Crippen LogP contribution is 2.34. The number of fused-ring (bicyclic) bond motifs is 1. The van der Waals surface area contributed by atoms with Gasteiger partial charge in [-0.15, -0.1) is 36.2 Å². The lowest BCUT2D eigenvalue weighted by Crippen LogP contribution is -2.39. The molecule has 2 atom stereocenters. The summed E-state index contributed by atoms with van der Waals surface area (Å²) in [6, 6.07) is 2.18. The fourth-order valence-corrected chi connectivity index (χ4v) is 4.81. The van der Waals surface area contributed by atoms with Crippen LogP contribution in [-0.2, 0) is 0 Å². The third-order valence-corrected chi connectivity index (χ3v) is 6.29. The Bertz CT molecular complexity index is 627. The number of halogens is 2. The second kappa shape index (κ2) is 8.48. The summed E-state index contributed by atoms with van der Waals surface area (Å²) in [5, 5.41) is 4.12. The summed E-state index contributed by atoms with van der Waals surface area (Å²) in [6.45, 7) is 0.651. The van der Waals surface area contributed by atoms with Crippen molar-refractivity contribution >= 4 is 68.1 Å². The number of amides is 1. The third-order valence-electron chi connectivity index (χ3n) is 3.96. The molecule has 0 bridgehead atoms. The van der Waals surface area contributed by atoms with Crippen molar-refractivity contribution in [2.24, 2.45) is 11.7 Å². The first-order chi connectivity index (χ1) is 10.1. The topological polar surface area (TPSA) is 71.2 Å². The number of aromatic nitrogens is 1. The maximum absolute atomic E-state index is 12.4. The molecule has 5 nitrogen and oxygen atoms in total. The van der Waals surface area contributed by atoms with E-state index in [1.54, 1.807) is 11.3 Å². The molecule has 2 aromatic heterocycles. The van der Waals surface area contributed by atoms with E-state index >= 15 is 0 Å². The lowest BCUT2D eigenvalue weighted by Gasteiger charge is -2.18. The number of nitrogens with zero attached hydrogens (tertiary/aromatic N) is 2. The maximum Gasteiger partial charge on any atom is 0.261 e. The minimum atomic E-state index is 0. The van der Waals surface area contributed by atoms with Crippen LogP contribution in [0.1, 0.15) is 28.9 Å². The predicted octanol–water partition coefficient (Wildman–Crippen LogP) is 3.12. The monoisotopic (exact) mass is 396 g/mol. The summed E-state index contributed by atoms with van der Waals surface area (Å²) in [4.78, 5) is 20.6. The molecule has 0 aliphatic heterocycles. The molecule has 2 unspecified atom stereocenters. The summed E-state index contributed by atoms with van der Waals surface area (Å²) in [7, 11) is 3.95. The molecule has 1 aliphatic carbocycles. The fourth-order valence-electron chi connectivity index (χ4n) is 2.78. The number of anilines is 1. The van der Waals surface area contributed by atoms with Crippen molar-refractivity contribution in [1.29, 1.82) is 0 Å². The van der Waals surface area contributed by atoms with Crippen molar-refractivity contribution in [2.75, 3.05) is 25.5 Å². The second-order valence-corrected chi connectivity index (χ2v) is 7.72.